The van der Waals surface area contributed by atoms with Gasteiger partial charge >= 0.3 is 0 Å². The number of nitrogens with zero attached hydrogens (tertiary/aromatic N) is 5. The number of rotatable bonds is 5. The van der Waals surface area contributed by atoms with Crippen molar-refractivity contribution in [2.24, 2.45) is 0 Å². The van der Waals surface area contributed by atoms with Crippen LogP contribution in [0.2, 0.25) is 0 Å². The van der Waals surface area contributed by atoms with Crippen molar-refractivity contribution < 1.29 is 9.53 Å². The van der Waals surface area contributed by atoms with E-state index in [-0.39, 0.29) is 5.91 Å². The molecule has 0 aliphatic heterocycles. The molecule has 1 amide bonds. The van der Waals surface area contributed by atoms with Crippen LogP contribution in [-0.4, -0.2) is 38.2 Å². The average Bonchev–Trinajstić information content (AvgIpc) is 3.25. The maximum absolute atomic E-state index is 12.7. The van der Waals surface area contributed by atoms with E-state index in [2.05, 4.69) is 25.8 Å². The first-order valence-corrected chi connectivity index (χ1v) is 8.39. The molecule has 0 bridgehead atoms. The van der Waals surface area contributed by atoms with Gasteiger partial charge in [0, 0.05) is 16.6 Å². The molecule has 0 radical (unpaired) electrons. The summed E-state index contributed by atoms with van der Waals surface area (Å²) < 4.78 is 6.77. The number of thiazole rings is 1. The molecule has 0 saturated heterocycles. The number of tetrazole rings is 1. The molecule has 1 N–H and O–H groups in total. The summed E-state index contributed by atoms with van der Waals surface area (Å²) in [5.74, 6) is 0.355. The second kappa shape index (κ2) is 6.60. The predicted octanol–water partition coefficient (Wildman–Crippen LogP) is 2.10. The smallest absolute Gasteiger partial charge is 0.252 e. The van der Waals surface area contributed by atoms with Crippen LogP contribution in [0.15, 0.2) is 30.7 Å². The predicted molar refractivity (Wildman–Crippen MR) is 93.0 cm³/mol. The van der Waals surface area contributed by atoms with Crippen LogP contribution in [0.5, 0.6) is 5.75 Å². The quantitative estimate of drug-likeness (QED) is 0.750. The number of amides is 1. The Morgan fingerprint density at radius 3 is 2.76 bits per heavy atom. The molecule has 8 nitrogen and oxygen atoms in total. The lowest BCUT2D eigenvalue weighted by Crippen LogP contribution is -2.40. The molecule has 0 fully saturated rings. The number of methoxy groups -OCH3 is 1. The van der Waals surface area contributed by atoms with Gasteiger partial charge in [-0.15, -0.1) is 16.4 Å². The molecule has 3 rings (SSSR count). The molecule has 0 saturated carbocycles. The highest BCUT2D eigenvalue weighted by Crippen LogP contribution is 2.27. The molecular weight excluding hydrogens is 340 g/mol. The lowest BCUT2D eigenvalue weighted by Gasteiger charge is -2.24. The molecule has 0 spiro atoms. The number of hydrogen-bond donors (Lipinski definition) is 1. The number of nitrogens with one attached hydrogen (secondary N) is 1. The van der Waals surface area contributed by atoms with Gasteiger partial charge in [0.2, 0.25) is 0 Å². The number of aryl methyl sites for hydroxylation is 1. The highest BCUT2D eigenvalue weighted by molar-refractivity contribution is 7.11. The first-order valence-electron chi connectivity index (χ1n) is 7.57. The van der Waals surface area contributed by atoms with Crippen molar-refractivity contribution in [2.45, 2.75) is 26.3 Å². The van der Waals surface area contributed by atoms with Gasteiger partial charge in [-0.2, -0.15) is 4.68 Å². The van der Waals surface area contributed by atoms with Gasteiger partial charge in [-0.3, -0.25) is 4.79 Å². The fourth-order valence-corrected chi connectivity index (χ4v) is 3.16. The second-order valence-corrected chi connectivity index (χ2v) is 7.23. The van der Waals surface area contributed by atoms with Crippen LogP contribution in [0.4, 0.5) is 0 Å². The number of carbonyl (C=O) groups is 1. The standard InChI is InChI=1S/C16H18N6O2S/c1-10-8-17-15(25-10)16(2,3)19-14(23)11-5-6-13(24-4)12(7-11)22-9-18-20-21-22/h5-9H,1-4H3,(H,19,23). The summed E-state index contributed by atoms with van der Waals surface area (Å²) in [6.45, 7) is 5.84. The Labute approximate surface area is 148 Å². The van der Waals surface area contributed by atoms with Crippen molar-refractivity contribution in [3.05, 3.63) is 46.2 Å². The van der Waals surface area contributed by atoms with Crippen molar-refractivity contribution in [2.75, 3.05) is 7.11 Å². The summed E-state index contributed by atoms with van der Waals surface area (Å²) in [4.78, 5) is 18.2. The molecule has 0 atom stereocenters. The average molecular weight is 358 g/mol. The fourth-order valence-electron chi connectivity index (χ4n) is 2.34. The van der Waals surface area contributed by atoms with Crippen LogP contribution in [0.3, 0.4) is 0 Å². The van der Waals surface area contributed by atoms with Crippen LogP contribution in [0, 0.1) is 6.92 Å². The van der Waals surface area contributed by atoms with Crippen LogP contribution in [0.25, 0.3) is 5.69 Å². The number of hydrogen-bond acceptors (Lipinski definition) is 7. The molecule has 0 unspecified atom stereocenters. The first-order chi connectivity index (χ1) is 11.9. The van der Waals surface area contributed by atoms with Gasteiger partial charge in [0.1, 0.15) is 22.8 Å². The van der Waals surface area contributed by atoms with Crippen LogP contribution in [-0.2, 0) is 5.54 Å². The zero-order valence-electron chi connectivity index (χ0n) is 14.3. The van der Waals surface area contributed by atoms with E-state index in [9.17, 15) is 4.79 Å². The summed E-state index contributed by atoms with van der Waals surface area (Å²) in [7, 11) is 1.55. The van der Waals surface area contributed by atoms with Gasteiger partial charge in [-0.05, 0) is 49.4 Å². The van der Waals surface area contributed by atoms with E-state index in [0.717, 1.165) is 9.88 Å². The summed E-state index contributed by atoms with van der Waals surface area (Å²) in [6, 6.07) is 5.10. The minimum atomic E-state index is -0.578. The Morgan fingerprint density at radius 2 is 2.16 bits per heavy atom. The summed E-state index contributed by atoms with van der Waals surface area (Å²) in [6.07, 6.45) is 3.25. The van der Waals surface area contributed by atoms with Gasteiger partial charge in [0.25, 0.3) is 5.91 Å². The Morgan fingerprint density at radius 1 is 1.36 bits per heavy atom. The molecule has 2 aromatic heterocycles. The van der Waals surface area contributed by atoms with E-state index in [0.29, 0.717) is 17.0 Å². The molecule has 3 aromatic rings. The lowest BCUT2D eigenvalue weighted by atomic mass is 10.1. The maximum Gasteiger partial charge on any atom is 0.252 e. The van der Waals surface area contributed by atoms with Crippen LogP contribution >= 0.6 is 11.3 Å². The van der Waals surface area contributed by atoms with E-state index in [1.165, 1.54) is 11.0 Å². The monoisotopic (exact) mass is 358 g/mol. The Bertz CT molecular complexity index is 888. The van der Waals surface area contributed by atoms with Crippen molar-refractivity contribution in [3.8, 4) is 11.4 Å². The summed E-state index contributed by atoms with van der Waals surface area (Å²) >= 11 is 1.56. The Balaban J connectivity index is 1.89. The maximum atomic E-state index is 12.7. The molecular formula is C16H18N6O2S. The normalized spacial score (nSPS) is 11.4. The number of carbonyl (C=O) groups excluding carboxylic acids is 1. The van der Waals surface area contributed by atoms with Crippen molar-refractivity contribution in [1.82, 2.24) is 30.5 Å². The lowest BCUT2D eigenvalue weighted by molar-refractivity contribution is 0.0912. The van der Waals surface area contributed by atoms with Crippen LogP contribution in [0.1, 0.15) is 34.1 Å². The number of benzene rings is 1. The number of ether oxygens (including phenoxy) is 1. The number of aromatic nitrogens is 5. The zero-order valence-corrected chi connectivity index (χ0v) is 15.2. The first kappa shape index (κ1) is 17.0. The van der Waals surface area contributed by atoms with E-state index in [4.69, 9.17) is 4.74 Å². The molecule has 0 aliphatic rings. The largest absolute Gasteiger partial charge is 0.494 e. The highest BCUT2D eigenvalue weighted by atomic mass is 32.1. The summed E-state index contributed by atoms with van der Waals surface area (Å²) in [5.41, 5.74) is 0.487. The SMILES string of the molecule is COc1ccc(C(=O)NC(C)(C)c2ncc(C)s2)cc1-n1cnnn1. The zero-order chi connectivity index (χ0) is 18.0. The molecule has 130 valence electrons. The van der Waals surface area contributed by atoms with E-state index >= 15 is 0 Å². The van der Waals surface area contributed by atoms with E-state index in [1.54, 1.807) is 42.8 Å². The second-order valence-electron chi connectivity index (χ2n) is 6.00. The third kappa shape index (κ3) is 3.50. The molecule has 9 heteroatoms. The minimum absolute atomic E-state index is 0.213. The van der Waals surface area contributed by atoms with Crippen molar-refractivity contribution in [3.63, 3.8) is 0 Å². The Kier molecular flexibility index (Phi) is 4.49. The van der Waals surface area contributed by atoms with Gasteiger partial charge in [0.15, 0.2) is 0 Å². The van der Waals surface area contributed by atoms with Gasteiger partial charge < -0.3 is 10.1 Å². The molecule has 25 heavy (non-hydrogen) atoms. The van der Waals surface area contributed by atoms with Crippen molar-refractivity contribution in [1.29, 1.82) is 0 Å². The van der Waals surface area contributed by atoms with Gasteiger partial charge in [-0.1, -0.05) is 0 Å². The topological polar surface area (TPSA) is 94.8 Å². The van der Waals surface area contributed by atoms with E-state index in [1.807, 2.05) is 20.8 Å². The fraction of sp³-hybridized carbons (Fsp3) is 0.312. The van der Waals surface area contributed by atoms with E-state index < -0.39 is 5.54 Å². The highest BCUT2D eigenvalue weighted by Gasteiger charge is 2.27. The third-order valence-electron chi connectivity index (χ3n) is 3.62. The Hall–Kier alpha value is -2.81. The minimum Gasteiger partial charge on any atom is -0.494 e. The van der Waals surface area contributed by atoms with Gasteiger partial charge in [0.05, 0.1) is 12.6 Å². The molecule has 2 heterocycles. The van der Waals surface area contributed by atoms with Gasteiger partial charge in [-0.25, -0.2) is 4.98 Å². The third-order valence-corrected chi connectivity index (χ3v) is 4.86. The van der Waals surface area contributed by atoms with Crippen LogP contribution < -0.4 is 10.1 Å². The molecule has 1 aromatic carbocycles. The van der Waals surface area contributed by atoms with Crippen molar-refractivity contribution >= 4 is 17.2 Å². The summed E-state index contributed by atoms with van der Waals surface area (Å²) in [5, 5.41) is 15.0. The molecule has 0 aliphatic carbocycles.